The molecule has 0 radical (unpaired) electrons. The number of nitrogens with one attached hydrogen (secondary N) is 2. The van der Waals surface area contributed by atoms with E-state index >= 15 is 0 Å². The molecule has 3 aromatic heterocycles. The van der Waals surface area contributed by atoms with Gasteiger partial charge < -0.3 is 15.4 Å². The molecule has 2 aliphatic rings. The van der Waals surface area contributed by atoms with Crippen molar-refractivity contribution in [1.29, 1.82) is 5.26 Å². The number of fused-ring (bicyclic) bond motifs is 1. The second-order valence-corrected chi connectivity index (χ2v) is 9.30. The second kappa shape index (κ2) is 9.41. The van der Waals surface area contributed by atoms with Crippen LogP contribution in [-0.4, -0.2) is 69.8 Å². The first-order valence-corrected chi connectivity index (χ1v) is 11.8. The maximum absolute atomic E-state index is 13.2. The number of anilines is 1. The van der Waals surface area contributed by atoms with Crippen LogP contribution in [0.4, 0.5) is 5.69 Å². The molecule has 9 nitrogen and oxygen atoms in total. The number of rotatable bonds is 6. The van der Waals surface area contributed by atoms with Crippen LogP contribution >= 0.6 is 0 Å². The third kappa shape index (κ3) is 4.47. The Bertz CT molecular complexity index is 1230. The monoisotopic (exact) mass is 459 g/mol. The first kappa shape index (κ1) is 22.3. The van der Waals surface area contributed by atoms with Gasteiger partial charge in [-0.15, -0.1) is 0 Å². The van der Waals surface area contributed by atoms with E-state index in [1.807, 2.05) is 32.0 Å². The molecule has 5 heterocycles. The van der Waals surface area contributed by atoms with Gasteiger partial charge in [0.2, 0.25) is 0 Å². The summed E-state index contributed by atoms with van der Waals surface area (Å²) in [6.07, 6.45) is 5.05. The van der Waals surface area contributed by atoms with Crippen LogP contribution in [-0.2, 0) is 4.74 Å². The fourth-order valence-corrected chi connectivity index (χ4v) is 4.57. The second-order valence-electron chi connectivity index (χ2n) is 9.30. The van der Waals surface area contributed by atoms with Crippen molar-refractivity contribution in [2.45, 2.75) is 44.8 Å². The summed E-state index contributed by atoms with van der Waals surface area (Å²) >= 11 is 0. The Morgan fingerprint density at radius 1 is 1.21 bits per heavy atom. The van der Waals surface area contributed by atoms with Gasteiger partial charge in [0.25, 0.3) is 5.91 Å². The van der Waals surface area contributed by atoms with E-state index in [-0.39, 0.29) is 18.0 Å². The minimum Gasteiger partial charge on any atom is -0.382 e. The van der Waals surface area contributed by atoms with Crippen LogP contribution < -0.4 is 10.6 Å². The summed E-state index contributed by atoms with van der Waals surface area (Å²) in [5.74, 6) is -0.107. The predicted octanol–water partition coefficient (Wildman–Crippen LogP) is 2.68. The maximum Gasteiger partial charge on any atom is 0.255 e. The Labute approximate surface area is 198 Å². The van der Waals surface area contributed by atoms with Crippen molar-refractivity contribution in [3.8, 4) is 17.5 Å². The van der Waals surface area contributed by atoms with Gasteiger partial charge in [-0.3, -0.25) is 14.7 Å². The smallest absolute Gasteiger partial charge is 0.255 e. The fourth-order valence-electron chi connectivity index (χ4n) is 4.57. The van der Waals surface area contributed by atoms with Crippen molar-refractivity contribution < 1.29 is 9.53 Å². The molecule has 34 heavy (non-hydrogen) atoms. The van der Waals surface area contributed by atoms with Gasteiger partial charge in [0.1, 0.15) is 6.07 Å². The van der Waals surface area contributed by atoms with Crippen LogP contribution in [0.15, 0.2) is 36.7 Å². The van der Waals surface area contributed by atoms with Crippen molar-refractivity contribution in [1.82, 2.24) is 24.8 Å². The predicted molar refractivity (Wildman–Crippen MR) is 129 cm³/mol. The highest BCUT2D eigenvalue weighted by atomic mass is 16.5. The molecular formula is C25H29N7O2. The molecule has 0 spiro atoms. The standard InChI is InChI=1S/C25H29N7O2/c1-16(2)29-22-10-23(24-4-3-19-9-17(11-26)12-28-32(19)24)27-13-21(22)25(33)30-18-5-7-31(8-6-18)20-14-34-15-20/h3-4,9-10,12-13,16,18,20H,5-8,14-15H2,1-2H3,(H,27,29)(H,30,33). The molecule has 2 aliphatic heterocycles. The zero-order valence-corrected chi connectivity index (χ0v) is 19.5. The van der Waals surface area contributed by atoms with Gasteiger partial charge in [-0.2, -0.15) is 10.4 Å². The van der Waals surface area contributed by atoms with Gasteiger partial charge in [0.15, 0.2) is 0 Å². The van der Waals surface area contributed by atoms with Crippen molar-refractivity contribution >= 4 is 17.1 Å². The summed E-state index contributed by atoms with van der Waals surface area (Å²) < 4.78 is 7.06. The van der Waals surface area contributed by atoms with Gasteiger partial charge >= 0.3 is 0 Å². The number of ether oxygens (including phenoxy) is 1. The lowest BCUT2D eigenvalue weighted by atomic mass is 10.0. The molecular weight excluding hydrogens is 430 g/mol. The van der Waals surface area contributed by atoms with Gasteiger partial charge in [0.05, 0.1) is 59.2 Å². The van der Waals surface area contributed by atoms with Crippen molar-refractivity contribution in [3.63, 3.8) is 0 Å². The number of hydrogen-bond donors (Lipinski definition) is 2. The number of piperidine rings is 1. The van der Waals surface area contributed by atoms with E-state index in [1.165, 1.54) is 6.20 Å². The summed E-state index contributed by atoms with van der Waals surface area (Å²) in [7, 11) is 0. The molecule has 176 valence electrons. The Morgan fingerprint density at radius 2 is 2.00 bits per heavy atom. The number of hydrogen-bond acceptors (Lipinski definition) is 7. The van der Waals surface area contributed by atoms with Crippen molar-refractivity contribution in [2.24, 2.45) is 0 Å². The number of carbonyl (C=O) groups excluding carboxylic acids is 1. The molecule has 0 saturated carbocycles. The highest BCUT2D eigenvalue weighted by Crippen LogP contribution is 2.26. The van der Waals surface area contributed by atoms with Crippen molar-refractivity contribution in [2.75, 3.05) is 31.6 Å². The lowest BCUT2D eigenvalue weighted by Crippen LogP contribution is -2.54. The zero-order chi connectivity index (χ0) is 23.7. The number of pyridine rings is 1. The number of nitrogens with zero attached hydrogens (tertiary/aromatic N) is 5. The van der Waals surface area contributed by atoms with Crippen LogP contribution in [0.25, 0.3) is 16.9 Å². The van der Waals surface area contributed by atoms with E-state index in [4.69, 9.17) is 10.00 Å². The summed E-state index contributed by atoms with van der Waals surface area (Å²) in [6.45, 7) is 7.69. The van der Waals surface area contributed by atoms with Gasteiger partial charge in [-0.05, 0) is 51.0 Å². The summed E-state index contributed by atoms with van der Waals surface area (Å²) in [4.78, 5) is 20.3. The molecule has 0 bridgehead atoms. The van der Waals surface area contributed by atoms with Crippen LogP contribution in [0.2, 0.25) is 0 Å². The third-order valence-electron chi connectivity index (χ3n) is 6.49. The SMILES string of the molecule is CC(C)Nc1cc(-c2ccc3cc(C#N)cnn23)ncc1C(=O)NC1CCN(C2COC2)CC1. The van der Waals surface area contributed by atoms with Crippen LogP contribution in [0.1, 0.15) is 42.6 Å². The summed E-state index contributed by atoms with van der Waals surface area (Å²) in [5.41, 5.74) is 4.10. The molecule has 2 N–H and O–H groups in total. The Hall–Kier alpha value is -3.48. The van der Waals surface area contributed by atoms with E-state index < -0.39 is 0 Å². The Morgan fingerprint density at radius 3 is 2.68 bits per heavy atom. The topological polar surface area (TPSA) is 108 Å². The number of aromatic nitrogens is 3. The summed E-state index contributed by atoms with van der Waals surface area (Å²) in [5, 5.41) is 20.1. The Kier molecular flexibility index (Phi) is 6.18. The summed E-state index contributed by atoms with van der Waals surface area (Å²) in [6, 6.07) is 10.5. The van der Waals surface area contributed by atoms with Crippen LogP contribution in [0, 0.1) is 11.3 Å². The van der Waals surface area contributed by atoms with E-state index in [0.717, 1.165) is 56.0 Å². The zero-order valence-electron chi connectivity index (χ0n) is 19.5. The molecule has 0 unspecified atom stereocenters. The molecule has 9 heteroatoms. The van der Waals surface area contributed by atoms with Gasteiger partial charge in [-0.25, -0.2) is 4.52 Å². The lowest BCUT2D eigenvalue weighted by molar-refractivity contribution is -0.0716. The minimum absolute atomic E-state index is 0.107. The maximum atomic E-state index is 13.2. The average Bonchev–Trinajstić information content (AvgIpc) is 3.22. The molecule has 0 aromatic carbocycles. The normalized spacial score (nSPS) is 17.5. The lowest BCUT2D eigenvalue weighted by Gasteiger charge is -2.41. The fraction of sp³-hybridized carbons (Fsp3) is 0.440. The third-order valence-corrected chi connectivity index (χ3v) is 6.49. The minimum atomic E-state index is -0.107. The molecule has 2 saturated heterocycles. The van der Waals surface area contributed by atoms with Crippen molar-refractivity contribution in [3.05, 3.63) is 47.8 Å². The molecule has 3 aromatic rings. The first-order chi connectivity index (χ1) is 16.5. The number of nitriles is 1. The van der Waals surface area contributed by atoms with E-state index in [2.05, 4.69) is 31.7 Å². The van der Waals surface area contributed by atoms with Gasteiger partial charge in [0, 0.05) is 31.4 Å². The molecule has 0 aliphatic carbocycles. The molecule has 5 rings (SSSR count). The largest absolute Gasteiger partial charge is 0.382 e. The van der Waals surface area contributed by atoms with Gasteiger partial charge in [-0.1, -0.05) is 0 Å². The highest BCUT2D eigenvalue weighted by Gasteiger charge is 2.30. The quantitative estimate of drug-likeness (QED) is 0.583. The number of amides is 1. The van der Waals surface area contributed by atoms with E-state index in [9.17, 15) is 4.79 Å². The Balaban J connectivity index is 1.35. The molecule has 1 amide bonds. The average molecular weight is 460 g/mol. The van der Waals surface area contributed by atoms with E-state index in [0.29, 0.717) is 22.9 Å². The number of likely N-dealkylation sites (tertiary alicyclic amines) is 1. The van der Waals surface area contributed by atoms with Crippen LogP contribution in [0.5, 0.6) is 0 Å². The number of carbonyl (C=O) groups is 1. The first-order valence-electron chi connectivity index (χ1n) is 11.8. The highest BCUT2D eigenvalue weighted by molar-refractivity contribution is 6.00. The van der Waals surface area contributed by atoms with Crippen LogP contribution in [0.3, 0.4) is 0 Å². The molecule has 2 fully saturated rings. The molecule has 0 atom stereocenters. The van der Waals surface area contributed by atoms with E-state index in [1.54, 1.807) is 16.8 Å².